The predicted octanol–water partition coefficient (Wildman–Crippen LogP) is 1.90. The second-order valence-electron chi connectivity index (χ2n) is 6.21. The molecule has 1 heterocycles. The molecule has 1 aliphatic rings. The Morgan fingerprint density at radius 1 is 1.43 bits per heavy atom. The van der Waals surface area contributed by atoms with Crippen molar-refractivity contribution in [2.75, 3.05) is 33.4 Å². The van der Waals surface area contributed by atoms with E-state index in [1.165, 1.54) is 4.90 Å². The van der Waals surface area contributed by atoms with Crippen LogP contribution in [0.25, 0.3) is 0 Å². The van der Waals surface area contributed by atoms with E-state index in [2.05, 4.69) is 0 Å². The van der Waals surface area contributed by atoms with Crippen LogP contribution in [0.3, 0.4) is 0 Å². The standard InChI is InChI=1S/C15H28N2O4/c1-11(2)10-16(8-9-21-4)15(20)17-7-5-6-12(3)13(17)14(18)19/h11-13H,5-10H2,1-4H3,(H,18,19). The number of amides is 2. The Bertz CT molecular complexity index is 360. The maximum Gasteiger partial charge on any atom is 0.326 e. The number of likely N-dealkylation sites (tertiary alicyclic amines) is 1. The van der Waals surface area contributed by atoms with Crippen molar-refractivity contribution in [2.24, 2.45) is 11.8 Å². The van der Waals surface area contributed by atoms with Gasteiger partial charge in [-0.2, -0.15) is 0 Å². The number of ether oxygens (including phenoxy) is 1. The van der Waals surface area contributed by atoms with E-state index in [0.717, 1.165) is 12.8 Å². The molecule has 0 aromatic rings. The molecule has 6 heteroatoms. The first-order chi connectivity index (χ1) is 9.88. The Hall–Kier alpha value is -1.30. The zero-order chi connectivity index (χ0) is 16.0. The monoisotopic (exact) mass is 300 g/mol. The first kappa shape index (κ1) is 17.8. The smallest absolute Gasteiger partial charge is 0.326 e. The molecule has 2 unspecified atom stereocenters. The SMILES string of the molecule is COCCN(CC(C)C)C(=O)N1CCCC(C)C1C(=O)O. The first-order valence-corrected chi connectivity index (χ1v) is 7.65. The number of nitrogens with zero attached hydrogens (tertiary/aromatic N) is 2. The summed E-state index contributed by atoms with van der Waals surface area (Å²) in [6.45, 7) is 8.06. The highest BCUT2D eigenvalue weighted by Gasteiger charge is 2.38. The molecule has 0 saturated carbocycles. The molecule has 1 saturated heterocycles. The summed E-state index contributed by atoms with van der Waals surface area (Å²) in [5.74, 6) is -0.591. The van der Waals surface area contributed by atoms with Crippen LogP contribution in [0, 0.1) is 11.8 Å². The van der Waals surface area contributed by atoms with Gasteiger partial charge in [-0.05, 0) is 24.7 Å². The van der Waals surface area contributed by atoms with E-state index in [-0.39, 0.29) is 11.9 Å². The van der Waals surface area contributed by atoms with Gasteiger partial charge in [-0.15, -0.1) is 0 Å². The van der Waals surface area contributed by atoms with E-state index in [1.807, 2.05) is 20.8 Å². The highest BCUT2D eigenvalue weighted by molar-refractivity contribution is 5.83. The minimum atomic E-state index is -0.910. The number of urea groups is 1. The quantitative estimate of drug-likeness (QED) is 0.813. The fourth-order valence-electron chi connectivity index (χ4n) is 2.87. The molecule has 0 radical (unpaired) electrons. The largest absolute Gasteiger partial charge is 0.480 e. The lowest BCUT2D eigenvalue weighted by Gasteiger charge is -2.40. The molecule has 21 heavy (non-hydrogen) atoms. The number of carbonyl (C=O) groups excluding carboxylic acids is 1. The molecule has 1 aliphatic heterocycles. The first-order valence-electron chi connectivity index (χ1n) is 7.65. The molecule has 1 N–H and O–H groups in total. The Morgan fingerprint density at radius 3 is 2.62 bits per heavy atom. The van der Waals surface area contributed by atoms with Gasteiger partial charge in [0.05, 0.1) is 6.61 Å². The second kappa shape index (κ2) is 8.22. The maximum atomic E-state index is 12.7. The normalized spacial score (nSPS) is 22.4. The topological polar surface area (TPSA) is 70.1 Å². The van der Waals surface area contributed by atoms with Gasteiger partial charge in [0.25, 0.3) is 0 Å². The van der Waals surface area contributed by atoms with Crippen molar-refractivity contribution in [3.8, 4) is 0 Å². The lowest BCUT2D eigenvalue weighted by atomic mass is 9.91. The van der Waals surface area contributed by atoms with Gasteiger partial charge in [-0.25, -0.2) is 9.59 Å². The van der Waals surface area contributed by atoms with Crippen LogP contribution in [-0.4, -0.2) is 66.3 Å². The van der Waals surface area contributed by atoms with E-state index in [9.17, 15) is 14.7 Å². The third-order valence-corrected chi connectivity index (χ3v) is 3.85. The number of hydrogen-bond acceptors (Lipinski definition) is 3. The maximum absolute atomic E-state index is 12.7. The molecule has 6 nitrogen and oxygen atoms in total. The number of carboxylic acid groups (broad SMARTS) is 1. The average Bonchev–Trinajstić information content (AvgIpc) is 2.41. The average molecular weight is 300 g/mol. The summed E-state index contributed by atoms with van der Waals surface area (Å²) in [6, 6.07) is -0.900. The summed E-state index contributed by atoms with van der Waals surface area (Å²) in [4.78, 5) is 27.5. The van der Waals surface area contributed by atoms with Crippen LogP contribution in [0.2, 0.25) is 0 Å². The number of piperidine rings is 1. The van der Waals surface area contributed by atoms with Crippen LogP contribution >= 0.6 is 0 Å². The fourth-order valence-corrected chi connectivity index (χ4v) is 2.87. The molecule has 122 valence electrons. The third kappa shape index (κ3) is 4.88. The number of aliphatic carboxylic acids is 1. The minimum absolute atomic E-state index is 0.0106. The van der Waals surface area contributed by atoms with Gasteiger partial charge >= 0.3 is 12.0 Å². The van der Waals surface area contributed by atoms with Gasteiger partial charge in [-0.3, -0.25) is 0 Å². The Balaban J connectivity index is 2.85. The Labute approximate surface area is 127 Å². The fraction of sp³-hybridized carbons (Fsp3) is 0.867. The summed E-state index contributed by atoms with van der Waals surface area (Å²) in [5, 5.41) is 9.43. The van der Waals surface area contributed by atoms with Gasteiger partial charge in [0.15, 0.2) is 0 Å². The van der Waals surface area contributed by atoms with Gasteiger partial charge in [0.2, 0.25) is 0 Å². The van der Waals surface area contributed by atoms with E-state index in [4.69, 9.17) is 4.74 Å². The van der Waals surface area contributed by atoms with E-state index >= 15 is 0 Å². The van der Waals surface area contributed by atoms with Crippen molar-refractivity contribution < 1.29 is 19.4 Å². The van der Waals surface area contributed by atoms with Crippen molar-refractivity contribution >= 4 is 12.0 Å². The van der Waals surface area contributed by atoms with Crippen LogP contribution < -0.4 is 0 Å². The summed E-state index contributed by atoms with van der Waals surface area (Å²) >= 11 is 0. The predicted molar refractivity (Wildman–Crippen MR) is 80.2 cm³/mol. The highest BCUT2D eigenvalue weighted by Crippen LogP contribution is 2.25. The zero-order valence-corrected chi connectivity index (χ0v) is 13.5. The molecule has 0 aliphatic carbocycles. The van der Waals surface area contributed by atoms with Crippen molar-refractivity contribution in [3.63, 3.8) is 0 Å². The molecular formula is C15H28N2O4. The summed E-state index contributed by atoms with van der Waals surface area (Å²) in [7, 11) is 1.60. The number of hydrogen-bond donors (Lipinski definition) is 1. The van der Waals surface area contributed by atoms with Crippen LogP contribution in [0.5, 0.6) is 0 Å². The number of carboxylic acids is 1. The zero-order valence-electron chi connectivity index (χ0n) is 13.5. The van der Waals surface area contributed by atoms with E-state index in [1.54, 1.807) is 12.0 Å². The van der Waals surface area contributed by atoms with Gasteiger partial charge in [0, 0.05) is 26.7 Å². The third-order valence-electron chi connectivity index (χ3n) is 3.85. The second-order valence-corrected chi connectivity index (χ2v) is 6.21. The highest BCUT2D eigenvalue weighted by atomic mass is 16.5. The minimum Gasteiger partial charge on any atom is -0.480 e. The van der Waals surface area contributed by atoms with Crippen LogP contribution in [0.1, 0.15) is 33.6 Å². The Kier molecular flexibility index (Phi) is 6.95. The molecule has 2 atom stereocenters. The summed E-state index contributed by atoms with van der Waals surface area (Å²) in [5.41, 5.74) is 0. The lowest BCUT2D eigenvalue weighted by molar-refractivity contribution is -0.145. The van der Waals surface area contributed by atoms with Crippen molar-refractivity contribution in [1.82, 2.24) is 9.80 Å². The van der Waals surface area contributed by atoms with Gasteiger partial charge in [-0.1, -0.05) is 20.8 Å². The number of methoxy groups -OCH3 is 1. The van der Waals surface area contributed by atoms with Crippen molar-refractivity contribution in [2.45, 2.75) is 39.7 Å². The molecule has 2 amide bonds. The molecule has 0 aromatic carbocycles. The van der Waals surface area contributed by atoms with E-state index in [0.29, 0.717) is 32.2 Å². The summed E-state index contributed by atoms with van der Waals surface area (Å²) in [6.07, 6.45) is 1.71. The van der Waals surface area contributed by atoms with Gasteiger partial charge in [0.1, 0.15) is 6.04 Å². The van der Waals surface area contributed by atoms with Crippen molar-refractivity contribution in [1.29, 1.82) is 0 Å². The molecule has 1 rings (SSSR count). The van der Waals surface area contributed by atoms with Crippen molar-refractivity contribution in [3.05, 3.63) is 0 Å². The molecule has 0 bridgehead atoms. The van der Waals surface area contributed by atoms with E-state index < -0.39 is 12.0 Å². The summed E-state index contributed by atoms with van der Waals surface area (Å²) < 4.78 is 5.06. The van der Waals surface area contributed by atoms with Crippen LogP contribution in [0.15, 0.2) is 0 Å². The lowest BCUT2D eigenvalue weighted by Crippen LogP contribution is -2.56. The molecule has 0 aromatic heterocycles. The Morgan fingerprint density at radius 2 is 2.10 bits per heavy atom. The van der Waals surface area contributed by atoms with Crippen LogP contribution in [0.4, 0.5) is 4.79 Å². The molecule has 1 fully saturated rings. The van der Waals surface area contributed by atoms with Gasteiger partial charge < -0.3 is 19.6 Å². The molecule has 0 spiro atoms. The number of rotatable bonds is 6. The number of carbonyl (C=O) groups is 2. The van der Waals surface area contributed by atoms with Crippen LogP contribution in [-0.2, 0) is 9.53 Å². The molecular weight excluding hydrogens is 272 g/mol.